The van der Waals surface area contributed by atoms with E-state index < -0.39 is 0 Å². The summed E-state index contributed by atoms with van der Waals surface area (Å²) >= 11 is 0. The molecule has 1 heterocycles. The Kier molecular flexibility index (Phi) is 2.55. The van der Waals surface area contributed by atoms with Gasteiger partial charge in [-0.3, -0.25) is 0 Å². The Morgan fingerprint density at radius 1 is 1.54 bits per heavy atom. The highest BCUT2D eigenvalue weighted by atomic mass is 16.5. The van der Waals surface area contributed by atoms with E-state index in [0.29, 0.717) is 5.69 Å². The Hall–Kier alpha value is -1.52. The first kappa shape index (κ1) is 9.57. The Labute approximate surface area is 76.5 Å². The van der Waals surface area contributed by atoms with Crippen LogP contribution in [0.1, 0.15) is 20.8 Å². The lowest BCUT2D eigenvalue weighted by Gasteiger charge is -2.20. The molecule has 0 aliphatic heterocycles. The topological polar surface area (TPSA) is 67.2 Å². The van der Waals surface area contributed by atoms with Gasteiger partial charge in [0.15, 0.2) is 0 Å². The molecule has 0 unspecified atom stereocenters. The molecule has 0 aliphatic carbocycles. The van der Waals surface area contributed by atoms with Crippen LogP contribution in [0.2, 0.25) is 0 Å². The van der Waals surface area contributed by atoms with Crippen molar-refractivity contribution in [2.24, 2.45) is 0 Å². The minimum atomic E-state index is -0.268. The van der Waals surface area contributed by atoms with Gasteiger partial charge in [0.2, 0.25) is 0 Å². The van der Waals surface area contributed by atoms with Crippen LogP contribution in [0.5, 0.6) is 0 Å². The third-order valence-electron chi connectivity index (χ3n) is 1.18. The van der Waals surface area contributed by atoms with Gasteiger partial charge in [0.25, 0.3) is 0 Å². The first-order valence-corrected chi connectivity index (χ1v) is 3.96. The molecule has 2 amide bonds. The Bertz CT molecular complexity index is 274. The highest BCUT2D eigenvalue weighted by Gasteiger charge is 2.13. The van der Waals surface area contributed by atoms with Gasteiger partial charge in [-0.1, -0.05) is 5.16 Å². The fourth-order valence-electron chi connectivity index (χ4n) is 0.770. The number of carbonyl (C=O) groups excluding carboxylic acids is 1. The van der Waals surface area contributed by atoms with E-state index in [9.17, 15) is 4.79 Å². The lowest BCUT2D eigenvalue weighted by Crippen LogP contribution is -2.43. The van der Waals surface area contributed by atoms with Crippen molar-refractivity contribution in [2.45, 2.75) is 26.3 Å². The smallest absolute Gasteiger partial charge is 0.319 e. The van der Waals surface area contributed by atoms with Gasteiger partial charge in [-0.2, -0.15) is 0 Å². The minimum absolute atomic E-state index is 0.249. The lowest BCUT2D eigenvalue weighted by atomic mass is 10.1. The first-order chi connectivity index (χ1) is 5.97. The lowest BCUT2D eigenvalue weighted by molar-refractivity contribution is 0.244. The molecule has 0 spiro atoms. The van der Waals surface area contributed by atoms with E-state index in [2.05, 4.69) is 20.3 Å². The summed E-state index contributed by atoms with van der Waals surface area (Å²) in [6, 6.07) is -0.268. The number of aromatic nitrogens is 1. The maximum absolute atomic E-state index is 11.2. The number of anilines is 1. The Morgan fingerprint density at radius 2 is 2.23 bits per heavy atom. The standard InChI is InChI=1S/C8H13N3O2/c1-8(2,3)11-7(12)10-6-4-9-13-5-6/h4-5H,1-3H3,(H2,10,11,12). The van der Waals surface area contributed by atoms with Crippen molar-refractivity contribution >= 4 is 11.7 Å². The average Bonchev–Trinajstić information content (AvgIpc) is 2.34. The van der Waals surface area contributed by atoms with Crippen LogP contribution in [0.4, 0.5) is 10.5 Å². The molecule has 0 saturated carbocycles. The molecule has 5 nitrogen and oxygen atoms in total. The van der Waals surface area contributed by atoms with E-state index in [-0.39, 0.29) is 11.6 Å². The second kappa shape index (κ2) is 3.47. The number of hydrogen-bond donors (Lipinski definition) is 2. The molecule has 1 aromatic heterocycles. The van der Waals surface area contributed by atoms with Crippen molar-refractivity contribution in [1.29, 1.82) is 0 Å². The van der Waals surface area contributed by atoms with Crippen LogP contribution < -0.4 is 10.6 Å². The number of rotatable bonds is 1. The normalized spacial score (nSPS) is 11.0. The predicted molar refractivity (Wildman–Crippen MR) is 48.4 cm³/mol. The number of nitrogens with one attached hydrogen (secondary N) is 2. The molecule has 0 aliphatic rings. The molecule has 0 saturated heterocycles. The molecule has 1 rings (SSSR count). The molecule has 0 radical (unpaired) electrons. The summed E-state index contributed by atoms with van der Waals surface area (Å²) in [7, 11) is 0. The molecular formula is C8H13N3O2. The van der Waals surface area contributed by atoms with Gasteiger partial charge >= 0.3 is 6.03 Å². The Morgan fingerprint density at radius 3 is 2.69 bits per heavy atom. The quantitative estimate of drug-likeness (QED) is 0.694. The van der Waals surface area contributed by atoms with Crippen molar-refractivity contribution < 1.29 is 9.32 Å². The zero-order chi connectivity index (χ0) is 9.90. The third-order valence-corrected chi connectivity index (χ3v) is 1.18. The first-order valence-electron chi connectivity index (χ1n) is 3.96. The van der Waals surface area contributed by atoms with Crippen molar-refractivity contribution in [3.05, 3.63) is 12.5 Å². The summed E-state index contributed by atoms with van der Waals surface area (Å²) < 4.78 is 4.55. The summed E-state index contributed by atoms with van der Waals surface area (Å²) in [6.45, 7) is 5.71. The summed E-state index contributed by atoms with van der Waals surface area (Å²) in [6.07, 6.45) is 2.80. The maximum atomic E-state index is 11.2. The molecule has 0 bridgehead atoms. The van der Waals surface area contributed by atoms with Crippen molar-refractivity contribution in [3.63, 3.8) is 0 Å². The summed E-state index contributed by atoms with van der Waals surface area (Å²) in [5, 5.41) is 8.76. The average molecular weight is 183 g/mol. The van der Waals surface area contributed by atoms with Crippen LogP contribution in [0.25, 0.3) is 0 Å². The van der Waals surface area contributed by atoms with Crippen molar-refractivity contribution in [2.75, 3.05) is 5.32 Å². The third kappa shape index (κ3) is 3.59. The summed E-state index contributed by atoms with van der Waals surface area (Å²) in [4.78, 5) is 11.2. The summed E-state index contributed by atoms with van der Waals surface area (Å²) in [5.74, 6) is 0. The van der Waals surface area contributed by atoms with Crippen LogP contribution >= 0.6 is 0 Å². The van der Waals surface area contributed by atoms with Gasteiger partial charge in [-0.15, -0.1) is 0 Å². The monoisotopic (exact) mass is 183 g/mol. The number of amides is 2. The zero-order valence-electron chi connectivity index (χ0n) is 7.92. The molecule has 5 heteroatoms. The number of nitrogens with zero attached hydrogens (tertiary/aromatic N) is 1. The molecule has 1 aromatic rings. The van der Waals surface area contributed by atoms with E-state index in [4.69, 9.17) is 0 Å². The van der Waals surface area contributed by atoms with Crippen LogP contribution in [0.15, 0.2) is 17.0 Å². The van der Waals surface area contributed by atoms with Crippen LogP contribution in [-0.2, 0) is 0 Å². The van der Waals surface area contributed by atoms with E-state index in [0.717, 1.165) is 0 Å². The zero-order valence-corrected chi connectivity index (χ0v) is 7.92. The number of carbonyl (C=O) groups is 1. The number of urea groups is 1. The van der Waals surface area contributed by atoms with E-state index >= 15 is 0 Å². The Balaban J connectivity index is 2.43. The molecule has 0 fully saturated rings. The second-order valence-corrected chi connectivity index (χ2v) is 3.74. The SMILES string of the molecule is CC(C)(C)NC(=O)Nc1cnoc1. The van der Waals surface area contributed by atoms with Crippen molar-refractivity contribution in [1.82, 2.24) is 10.5 Å². The van der Waals surface area contributed by atoms with Crippen molar-refractivity contribution in [3.8, 4) is 0 Å². The summed E-state index contributed by atoms with van der Waals surface area (Å²) in [5.41, 5.74) is 0.295. The largest absolute Gasteiger partial charge is 0.363 e. The molecule has 72 valence electrons. The minimum Gasteiger partial charge on any atom is -0.363 e. The molecule has 0 aromatic carbocycles. The van der Waals surface area contributed by atoms with E-state index in [1.54, 1.807) is 0 Å². The molecular weight excluding hydrogens is 170 g/mol. The van der Waals surface area contributed by atoms with Gasteiger partial charge in [-0.05, 0) is 20.8 Å². The van der Waals surface area contributed by atoms with Crippen LogP contribution in [-0.4, -0.2) is 16.7 Å². The van der Waals surface area contributed by atoms with Crippen LogP contribution in [0.3, 0.4) is 0 Å². The van der Waals surface area contributed by atoms with Crippen LogP contribution in [0, 0.1) is 0 Å². The fourth-order valence-corrected chi connectivity index (χ4v) is 0.770. The maximum Gasteiger partial charge on any atom is 0.319 e. The van der Waals surface area contributed by atoms with Gasteiger partial charge in [0.1, 0.15) is 12.0 Å². The van der Waals surface area contributed by atoms with Gasteiger partial charge in [0.05, 0.1) is 6.20 Å². The molecule has 0 atom stereocenters. The molecule has 2 N–H and O–H groups in total. The van der Waals surface area contributed by atoms with E-state index in [1.807, 2.05) is 20.8 Å². The fraction of sp³-hybridized carbons (Fsp3) is 0.500. The second-order valence-electron chi connectivity index (χ2n) is 3.74. The molecule has 13 heavy (non-hydrogen) atoms. The number of hydrogen-bond acceptors (Lipinski definition) is 3. The predicted octanol–water partition coefficient (Wildman–Crippen LogP) is 1.59. The van der Waals surface area contributed by atoms with Gasteiger partial charge < -0.3 is 15.2 Å². The van der Waals surface area contributed by atoms with E-state index in [1.165, 1.54) is 12.5 Å². The van der Waals surface area contributed by atoms with Gasteiger partial charge in [0, 0.05) is 5.54 Å². The van der Waals surface area contributed by atoms with Gasteiger partial charge in [-0.25, -0.2) is 4.79 Å². The highest BCUT2D eigenvalue weighted by Crippen LogP contribution is 2.04. The highest BCUT2D eigenvalue weighted by molar-refractivity contribution is 5.89.